The average molecular weight is 239 g/mol. The minimum absolute atomic E-state index is 0.0592. The number of hydrogen-bond donors (Lipinski definition) is 1. The van der Waals surface area contributed by atoms with Gasteiger partial charge in [0.15, 0.2) is 5.75 Å². The van der Waals surface area contributed by atoms with E-state index in [1.165, 1.54) is 0 Å². The van der Waals surface area contributed by atoms with Gasteiger partial charge in [0, 0.05) is 6.07 Å². The van der Waals surface area contributed by atoms with Crippen molar-refractivity contribution < 1.29 is 14.6 Å². The van der Waals surface area contributed by atoms with Gasteiger partial charge in [0.25, 0.3) is 5.88 Å². The smallest absolute Gasteiger partial charge is 0.260 e. The fourth-order valence-electron chi connectivity index (χ4n) is 1.24. The van der Waals surface area contributed by atoms with Crippen LogP contribution in [0.2, 0.25) is 0 Å². The maximum Gasteiger partial charge on any atom is 0.260 e. The summed E-state index contributed by atoms with van der Waals surface area (Å²) in [6.45, 7) is 5.39. The molecular weight excluding hydrogens is 218 g/mol. The summed E-state index contributed by atoms with van der Waals surface area (Å²) >= 11 is 0. The summed E-state index contributed by atoms with van der Waals surface area (Å²) in [7, 11) is 0. The molecule has 0 amide bonds. The van der Waals surface area contributed by atoms with Gasteiger partial charge >= 0.3 is 0 Å². The van der Waals surface area contributed by atoms with E-state index in [9.17, 15) is 5.11 Å². The van der Waals surface area contributed by atoms with Gasteiger partial charge in [0.05, 0.1) is 13.2 Å². The number of aromatic hydroxyl groups is 1. The molecule has 0 spiro atoms. The molecule has 0 aromatic carbocycles. The second-order valence-electron chi connectivity index (χ2n) is 3.88. The van der Waals surface area contributed by atoms with Crippen molar-refractivity contribution in [3.05, 3.63) is 12.1 Å². The molecule has 0 radical (unpaired) electrons. The Balaban J connectivity index is 2.53. The van der Waals surface area contributed by atoms with Crippen LogP contribution in [0.4, 0.5) is 0 Å². The molecule has 0 saturated heterocycles. The molecule has 96 valence electrons. The van der Waals surface area contributed by atoms with Crippen molar-refractivity contribution in [2.24, 2.45) is 0 Å². The summed E-state index contributed by atoms with van der Waals surface area (Å²) in [6.07, 6.45) is 4.07. The highest BCUT2D eigenvalue weighted by Gasteiger charge is 2.06. The molecule has 1 heterocycles. The molecule has 1 N–H and O–H groups in total. The van der Waals surface area contributed by atoms with Gasteiger partial charge in [-0.15, -0.1) is 0 Å². The maximum absolute atomic E-state index is 9.56. The first kappa shape index (κ1) is 13.6. The zero-order chi connectivity index (χ0) is 12.5. The maximum atomic E-state index is 9.56. The standard InChI is InChI=1S/C13H21NO3/c1-3-5-9-16-12-8-7-11(15)13(14-12)17-10-6-4-2/h7-8,15H,3-6,9-10H2,1-2H3. The highest BCUT2D eigenvalue weighted by atomic mass is 16.5. The molecule has 4 heteroatoms. The normalized spacial score (nSPS) is 10.2. The molecule has 0 aliphatic heterocycles. The lowest BCUT2D eigenvalue weighted by Gasteiger charge is -2.09. The predicted octanol–water partition coefficient (Wildman–Crippen LogP) is 3.15. The van der Waals surface area contributed by atoms with Crippen LogP contribution in [0.5, 0.6) is 17.5 Å². The third kappa shape index (κ3) is 4.93. The molecule has 0 fully saturated rings. The molecule has 0 unspecified atom stereocenters. The van der Waals surface area contributed by atoms with Gasteiger partial charge in [-0.1, -0.05) is 26.7 Å². The van der Waals surface area contributed by atoms with E-state index in [0.717, 1.165) is 25.7 Å². The lowest BCUT2D eigenvalue weighted by Crippen LogP contribution is -2.02. The molecule has 0 saturated carbocycles. The van der Waals surface area contributed by atoms with Crippen molar-refractivity contribution in [2.45, 2.75) is 39.5 Å². The monoisotopic (exact) mass is 239 g/mol. The van der Waals surface area contributed by atoms with E-state index in [1.807, 2.05) is 0 Å². The zero-order valence-corrected chi connectivity index (χ0v) is 10.6. The average Bonchev–Trinajstić information content (AvgIpc) is 2.33. The number of pyridine rings is 1. The SMILES string of the molecule is CCCCOc1ccc(O)c(OCCCC)n1. The Morgan fingerprint density at radius 2 is 1.71 bits per heavy atom. The van der Waals surface area contributed by atoms with Crippen molar-refractivity contribution >= 4 is 0 Å². The highest BCUT2D eigenvalue weighted by molar-refractivity contribution is 5.35. The zero-order valence-electron chi connectivity index (χ0n) is 10.6. The number of ether oxygens (including phenoxy) is 2. The Hall–Kier alpha value is -1.45. The second kappa shape index (κ2) is 7.76. The van der Waals surface area contributed by atoms with E-state index in [4.69, 9.17) is 9.47 Å². The van der Waals surface area contributed by atoms with Crippen molar-refractivity contribution in [1.82, 2.24) is 4.98 Å². The van der Waals surface area contributed by atoms with Crippen LogP contribution in [0.1, 0.15) is 39.5 Å². The van der Waals surface area contributed by atoms with Gasteiger partial charge < -0.3 is 14.6 Å². The van der Waals surface area contributed by atoms with E-state index in [2.05, 4.69) is 18.8 Å². The summed E-state index contributed by atoms with van der Waals surface area (Å²) in [5.74, 6) is 0.819. The fraction of sp³-hybridized carbons (Fsp3) is 0.615. The lowest BCUT2D eigenvalue weighted by molar-refractivity contribution is 0.262. The Bertz CT molecular complexity index is 328. The number of nitrogens with zero attached hydrogens (tertiary/aromatic N) is 1. The summed E-state index contributed by atoms with van der Waals surface area (Å²) < 4.78 is 10.8. The number of hydrogen-bond acceptors (Lipinski definition) is 4. The molecule has 4 nitrogen and oxygen atoms in total. The number of rotatable bonds is 8. The minimum Gasteiger partial charge on any atom is -0.503 e. The molecular formula is C13H21NO3. The van der Waals surface area contributed by atoms with Crippen LogP contribution in [0.3, 0.4) is 0 Å². The first-order chi connectivity index (χ1) is 8.27. The Kier molecular flexibility index (Phi) is 6.22. The van der Waals surface area contributed by atoms with Crippen LogP contribution in [-0.4, -0.2) is 23.3 Å². The van der Waals surface area contributed by atoms with Crippen molar-refractivity contribution in [2.75, 3.05) is 13.2 Å². The van der Waals surface area contributed by atoms with Gasteiger partial charge in [-0.3, -0.25) is 0 Å². The number of unbranched alkanes of at least 4 members (excludes halogenated alkanes) is 2. The Labute approximate surface area is 103 Å². The van der Waals surface area contributed by atoms with Crippen LogP contribution in [0, 0.1) is 0 Å². The second-order valence-corrected chi connectivity index (χ2v) is 3.88. The molecule has 1 rings (SSSR count). The Morgan fingerprint density at radius 3 is 2.35 bits per heavy atom. The third-order valence-corrected chi connectivity index (χ3v) is 2.30. The molecule has 17 heavy (non-hydrogen) atoms. The largest absolute Gasteiger partial charge is 0.503 e. The van der Waals surface area contributed by atoms with Crippen molar-refractivity contribution in [1.29, 1.82) is 0 Å². The first-order valence-electron chi connectivity index (χ1n) is 6.23. The molecule has 1 aromatic rings. The molecule has 0 bridgehead atoms. The summed E-state index contributed by atoms with van der Waals surface area (Å²) in [5.41, 5.74) is 0. The molecule has 0 aliphatic carbocycles. The summed E-state index contributed by atoms with van der Waals surface area (Å²) in [5, 5.41) is 9.56. The van der Waals surface area contributed by atoms with E-state index in [0.29, 0.717) is 19.1 Å². The van der Waals surface area contributed by atoms with Gasteiger partial charge in [-0.2, -0.15) is 4.98 Å². The number of aromatic nitrogens is 1. The predicted molar refractivity (Wildman–Crippen MR) is 66.7 cm³/mol. The van der Waals surface area contributed by atoms with Gasteiger partial charge in [0.1, 0.15) is 0 Å². The topological polar surface area (TPSA) is 51.6 Å². The fourth-order valence-corrected chi connectivity index (χ4v) is 1.24. The Morgan fingerprint density at radius 1 is 1.06 bits per heavy atom. The molecule has 0 aliphatic rings. The van der Waals surface area contributed by atoms with E-state index >= 15 is 0 Å². The molecule has 0 atom stereocenters. The van der Waals surface area contributed by atoms with E-state index in [-0.39, 0.29) is 11.6 Å². The van der Waals surface area contributed by atoms with Crippen molar-refractivity contribution in [3.63, 3.8) is 0 Å². The lowest BCUT2D eigenvalue weighted by atomic mass is 10.3. The van der Waals surface area contributed by atoms with Crippen LogP contribution in [0.25, 0.3) is 0 Å². The quantitative estimate of drug-likeness (QED) is 0.708. The van der Waals surface area contributed by atoms with Crippen LogP contribution in [0.15, 0.2) is 12.1 Å². The summed E-state index contributed by atoms with van der Waals surface area (Å²) in [4.78, 5) is 4.12. The molecule has 1 aromatic heterocycles. The van der Waals surface area contributed by atoms with Crippen LogP contribution < -0.4 is 9.47 Å². The first-order valence-corrected chi connectivity index (χ1v) is 6.23. The van der Waals surface area contributed by atoms with Gasteiger partial charge in [-0.05, 0) is 18.9 Å². The van der Waals surface area contributed by atoms with E-state index in [1.54, 1.807) is 12.1 Å². The van der Waals surface area contributed by atoms with Crippen LogP contribution in [-0.2, 0) is 0 Å². The highest BCUT2D eigenvalue weighted by Crippen LogP contribution is 2.26. The van der Waals surface area contributed by atoms with Crippen LogP contribution >= 0.6 is 0 Å². The third-order valence-electron chi connectivity index (χ3n) is 2.30. The van der Waals surface area contributed by atoms with Gasteiger partial charge in [0.2, 0.25) is 5.88 Å². The minimum atomic E-state index is 0.0592. The van der Waals surface area contributed by atoms with Gasteiger partial charge in [-0.25, -0.2) is 0 Å². The van der Waals surface area contributed by atoms with E-state index < -0.39 is 0 Å². The van der Waals surface area contributed by atoms with Crippen molar-refractivity contribution in [3.8, 4) is 17.5 Å². The summed E-state index contributed by atoms with van der Waals surface area (Å²) in [6, 6.07) is 3.20.